The number of hydrogen-bond acceptors (Lipinski definition) is 2. The number of aliphatic hydroxyl groups is 1. The van der Waals surface area contributed by atoms with Crippen LogP contribution in [0.2, 0.25) is 5.02 Å². The molecule has 0 spiro atoms. The zero-order chi connectivity index (χ0) is 12.1. The Morgan fingerprint density at radius 2 is 2.19 bits per heavy atom. The number of amides is 2. The van der Waals surface area contributed by atoms with Crippen molar-refractivity contribution in [2.45, 2.75) is 13.0 Å². The third-order valence-corrected chi connectivity index (χ3v) is 2.69. The maximum atomic E-state index is 11.7. The molecular weight excluding hydrogens is 228 g/mol. The number of carbonyl (C=O) groups is 1. The standard InChI is InChI=1S/C11H15ClN2O2/c1-8(7-15)14(2)11(16)13-10-6-4-3-5-9(10)12/h3-6,8,15H,7H2,1-2H3,(H,13,16). The predicted molar refractivity (Wildman–Crippen MR) is 64.8 cm³/mol. The van der Waals surface area contributed by atoms with E-state index in [-0.39, 0.29) is 18.7 Å². The van der Waals surface area contributed by atoms with Gasteiger partial charge in [0.2, 0.25) is 0 Å². The van der Waals surface area contributed by atoms with E-state index in [0.717, 1.165) is 0 Å². The molecule has 0 aromatic heterocycles. The summed E-state index contributed by atoms with van der Waals surface area (Å²) in [6.07, 6.45) is 0. The van der Waals surface area contributed by atoms with Crippen molar-refractivity contribution in [3.8, 4) is 0 Å². The van der Waals surface area contributed by atoms with E-state index in [9.17, 15) is 4.79 Å². The molecule has 0 saturated carbocycles. The van der Waals surface area contributed by atoms with Crippen molar-refractivity contribution in [3.63, 3.8) is 0 Å². The minimum atomic E-state index is -0.297. The van der Waals surface area contributed by atoms with E-state index in [0.29, 0.717) is 10.7 Å². The van der Waals surface area contributed by atoms with Crippen LogP contribution in [0.4, 0.5) is 10.5 Å². The first-order valence-electron chi connectivity index (χ1n) is 4.95. The molecule has 0 radical (unpaired) electrons. The Kier molecular flexibility index (Phi) is 4.58. The number of para-hydroxylation sites is 1. The number of hydrogen-bond donors (Lipinski definition) is 2. The number of anilines is 1. The second kappa shape index (κ2) is 5.72. The van der Waals surface area contributed by atoms with Gasteiger partial charge in [-0.05, 0) is 19.1 Å². The average molecular weight is 243 g/mol. The number of carbonyl (C=O) groups excluding carboxylic acids is 1. The zero-order valence-corrected chi connectivity index (χ0v) is 10.0. The molecule has 1 aromatic rings. The normalized spacial score (nSPS) is 12.0. The summed E-state index contributed by atoms with van der Waals surface area (Å²) in [6.45, 7) is 1.68. The third kappa shape index (κ3) is 3.12. The highest BCUT2D eigenvalue weighted by Gasteiger charge is 2.15. The Labute approximate surface area is 99.8 Å². The van der Waals surface area contributed by atoms with Crippen molar-refractivity contribution in [3.05, 3.63) is 29.3 Å². The zero-order valence-electron chi connectivity index (χ0n) is 9.27. The molecule has 88 valence electrons. The number of nitrogens with one attached hydrogen (secondary N) is 1. The average Bonchev–Trinajstić information content (AvgIpc) is 2.30. The second-order valence-corrected chi connectivity index (χ2v) is 3.96. The first-order valence-corrected chi connectivity index (χ1v) is 5.33. The van der Waals surface area contributed by atoms with Gasteiger partial charge in [0.25, 0.3) is 0 Å². The molecule has 0 heterocycles. The van der Waals surface area contributed by atoms with Crippen LogP contribution in [-0.2, 0) is 0 Å². The largest absolute Gasteiger partial charge is 0.394 e. The van der Waals surface area contributed by atoms with Crippen molar-refractivity contribution in [1.82, 2.24) is 4.90 Å². The molecule has 1 aromatic carbocycles. The second-order valence-electron chi connectivity index (χ2n) is 3.55. The molecular formula is C11H15ClN2O2. The lowest BCUT2D eigenvalue weighted by Crippen LogP contribution is -2.40. The minimum Gasteiger partial charge on any atom is -0.394 e. The van der Waals surface area contributed by atoms with Crippen molar-refractivity contribution in [2.24, 2.45) is 0 Å². The molecule has 0 saturated heterocycles. The molecule has 5 heteroatoms. The van der Waals surface area contributed by atoms with Gasteiger partial charge in [-0.1, -0.05) is 23.7 Å². The topological polar surface area (TPSA) is 52.6 Å². The van der Waals surface area contributed by atoms with E-state index in [1.807, 2.05) is 0 Å². The monoisotopic (exact) mass is 242 g/mol. The van der Waals surface area contributed by atoms with Gasteiger partial charge in [-0.25, -0.2) is 4.79 Å². The lowest BCUT2D eigenvalue weighted by molar-refractivity contribution is 0.166. The number of nitrogens with zero attached hydrogens (tertiary/aromatic N) is 1. The number of benzene rings is 1. The molecule has 4 nitrogen and oxygen atoms in total. The van der Waals surface area contributed by atoms with Crippen LogP contribution in [0, 0.1) is 0 Å². The fourth-order valence-electron chi connectivity index (χ4n) is 1.09. The van der Waals surface area contributed by atoms with Gasteiger partial charge in [0.15, 0.2) is 0 Å². The van der Waals surface area contributed by atoms with E-state index in [2.05, 4.69) is 5.32 Å². The first kappa shape index (κ1) is 12.8. The van der Waals surface area contributed by atoms with Gasteiger partial charge in [-0.2, -0.15) is 0 Å². The minimum absolute atomic E-state index is 0.0769. The summed E-state index contributed by atoms with van der Waals surface area (Å²) in [5.74, 6) is 0. The van der Waals surface area contributed by atoms with Crippen molar-refractivity contribution in [2.75, 3.05) is 19.0 Å². The predicted octanol–water partition coefficient (Wildman–Crippen LogP) is 2.18. The van der Waals surface area contributed by atoms with E-state index in [4.69, 9.17) is 16.7 Å². The molecule has 1 atom stereocenters. The molecule has 0 fully saturated rings. The van der Waals surface area contributed by atoms with Gasteiger partial charge in [0, 0.05) is 7.05 Å². The van der Waals surface area contributed by atoms with Gasteiger partial charge in [-0.3, -0.25) is 0 Å². The molecule has 0 aliphatic heterocycles. The van der Waals surface area contributed by atoms with Crippen LogP contribution in [0.3, 0.4) is 0 Å². The Morgan fingerprint density at radius 3 is 2.75 bits per heavy atom. The van der Waals surface area contributed by atoms with Crippen molar-refractivity contribution < 1.29 is 9.90 Å². The highest BCUT2D eigenvalue weighted by atomic mass is 35.5. The first-order chi connectivity index (χ1) is 7.56. The highest BCUT2D eigenvalue weighted by molar-refractivity contribution is 6.33. The summed E-state index contributed by atoms with van der Waals surface area (Å²) in [5, 5.41) is 12.1. The summed E-state index contributed by atoms with van der Waals surface area (Å²) < 4.78 is 0. The van der Waals surface area contributed by atoms with E-state index in [1.165, 1.54) is 4.90 Å². The third-order valence-electron chi connectivity index (χ3n) is 2.36. The van der Waals surface area contributed by atoms with E-state index < -0.39 is 0 Å². The van der Waals surface area contributed by atoms with E-state index in [1.54, 1.807) is 38.2 Å². The summed E-state index contributed by atoms with van der Waals surface area (Å²) in [4.78, 5) is 13.1. The van der Waals surface area contributed by atoms with Gasteiger partial charge in [0.1, 0.15) is 0 Å². The number of rotatable bonds is 3. The number of likely N-dealkylation sites (N-methyl/N-ethyl adjacent to an activating group) is 1. The molecule has 0 aliphatic carbocycles. The number of halogens is 1. The SMILES string of the molecule is CC(CO)N(C)C(=O)Nc1ccccc1Cl. The number of aliphatic hydroxyl groups excluding tert-OH is 1. The van der Waals surface area contributed by atoms with Crippen molar-refractivity contribution >= 4 is 23.3 Å². The van der Waals surface area contributed by atoms with Crippen LogP contribution in [0.1, 0.15) is 6.92 Å². The van der Waals surface area contributed by atoms with Crippen LogP contribution in [0.25, 0.3) is 0 Å². The summed E-state index contributed by atoms with van der Waals surface area (Å²) in [6, 6.07) is 6.47. The maximum Gasteiger partial charge on any atom is 0.321 e. The Hall–Kier alpha value is -1.26. The smallest absolute Gasteiger partial charge is 0.321 e. The molecule has 2 amide bonds. The maximum absolute atomic E-state index is 11.7. The molecule has 0 bridgehead atoms. The Morgan fingerprint density at radius 1 is 1.56 bits per heavy atom. The van der Waals surface area contributed by atoms with Crippen LogP contribution in [-0.4, -0.2) is 35.7 Å². The highest BCUT2D eigenvalue weighted by Crippen LogP contribution is 2.20. The molecule has 2 N–H and O–H groups in total. The van der Waals surface area contributed by atoms with Gasteiger partial charge in [-0.15, -0.1) is 0 Å². The summed E-state index contributed by atoms with van der Waals surface area (Å²) in [7, 11) is 1.62. The fourth-order valence-corrected chi connectivity index (χ4v) is 1.27. The van der Waals surface area contributed by atoms with Gasteiger partial charge < -0.3 is 15.3 Å². The van der Waals surface area contributed by atoms with E-state index >= 15 is 0 Å². The number of urea groups is 1. The Balaban J connectivity index is 2.68. The van der Waals surface area contributed by atoms with Crippen LogP contribution in [0.15, 0.2) is 24.3 Å². The van der Waals surface area contributed by atoms with Gasteiger partial charge >= 0.3 is 6.03 Å². The van der Waals surface area contributed by atoms with Gasteiger partial charge in [0.05, 0.1) is 23.4 Å². The Bertz CT molecular complexity index is 371. The lowest BCUT2D eigenvalue weighted by Gasteiger charge is -2.23. The van der Waals surface area contributed by atoms with Crippen LogP contribution in [0.5, 0.6) is 0 Å². The molecule has 0 aliphatic rings. The quantitative estimate of drug-likeness (QED) is 0.854. The molecule has 1 rings (SSSR count). The molecule has 16 heavy (non-hydrogen) atoms. The lowest BCUT2D eigenvalue weighted by atomic mass is 10.3. The summed E-state index contributed by atoms with van der Waals surface area (Å²) in [5.41, 5.74) is 0.561. The van der Waals surface area contributed by atoms with Crippen LogP contribution < -0.4 is 5.32 Å². The summed E-state index contributed by atoms with van der Waals surface area (Å²) >= 11 is 5.90. The fraction of sp³-hybridized carbons (Fsp3) is 0.364. The molecule has 1 unspecified atom stereocenters. The van der Waals surface area contributed by atoms with Crippen molar-refractivity contribution in [1.29, 1.82) is 0 Å². The van der Waals surface area contributed by atoms with Crippen LogP contribution >= 0.6 is 11.6 Å².